The van der Waals surface area contributed by atoms with Crippen LogP contribution in [0, 0.1) is 0 Å². The number of fused-ring (bicyclic) bond motifs is 1. The third-order valence-electron chi connectivity index (χ3n) is 3.31. The molecule has 0 saturated carbocycles. The molecule has 0 bridgehead atoms. The fraction of sp³-hybridized carbons (Fsp3) is 0.0556. The van der Waals surface area contributed by atoms with Crippen LogP contribution in [0.1, 0.15) is 15.9 Å². The van der Waals surface area contributed by atoms with Gasteiger partial charge in [0.15, 0.2) is 5.75 Å². The summed E-state index contributed by atoms with van der Waals surface area (Å²) in [4.78, 5) is 11.1. The van der Waals surface area contributed by atoms with E-state index in [0.29, 0.717) is 11.5 Å². The van der Waals surface area contributed by atoms with Crippen LogP contribution in [-0.2, 0) is 5.75 Å². The predicted octanol–water partition coefficient (Wildman–Crippen LogP) is 4.77. The Morgan fingerprint density at radius 1 is 0.955 bits per heavy atom. The lowest BCUT2D eigenvalue weighted by atomic mass is 10.1. The number of hydrogen-bond acceptors (Lipinski definition) is 3. The second-order valence-electron chi connectivity index (χ2n) is 4.83. The summed E-state index contributed by atoms with van der Waals surface area (Å²) in [6, 6.07) is 21.1. The first-order chi connectivity index (χ1) is 10.7. The van der Waals surface area contributed by atoms with Crippen molar-refractivity contribution in [3.05, 3.63) is 77.9 Å². The average Bonchev–Trinajstić information content (AvgIpc) is 2.55. The molecule has 3 aromatic carbocycles. The number of aromatic carboxylic acids is 1. The molecule has 0 saturated heterocycles. The van der Waals surface area contributed by atoms with Crippen molar-refractivity contribution in [1.29, 1.82) is 0 Å². The van der Waals surface area contributed by atoms with Crippen LogP contribution < -0.4 is 4.18 Å². The van der Waals surface area contributed by atoms with Crippen LogP contribution in [0.25, 0.3) is 10.8 Å². The first-order valence-corrected chi connectivity index (χ1v) is 7.74. The van der Waals surface area contributed by atoms with Gasteiger partial charge in [0.1, 0.15) is 5.56 Å². The lowest BCUT2D eigenvalue weighted by Crippen LogP contribution is -1.99. The minimum atomic E-state index is -0.984. The van der Waals surface area contributed by atoms with E-state index in [0.717, 1.165) is 5.56 Å². The third-order valence-corrected chi connectivity index (χ3v) is 4.05. The Morgan fingerprint density at radius 2 is 1.68 bits per heavy atom. The Morgan fingerprint density at radius 3 is 2.50 bits per heavy atom. The maximum Gasteiger partial charge on any atom is 0.339 e. The van der Waals surface area contributed by atoms with Crippen molar-refractivity contribution in [3.8, 4) is 5.75 Å². The summed E-state index contributed by atoms with van der Waals surface area (Å²) in [7, 11) is 0. The van der Waals surface area contributed by atoms with Gasteiger partial charge in [-0.15, -0.1) is 0 Å². The van der Waals surface area contributed by atoms with E-state index in [1.54, 1.807) is 18.2 Å². The van der Waals surface area contributed by atoms with Crippen molar-refractivity contribution in [2.24, 2.45) is 0 Å². The van der Waals surface area contributed by atoms with Gasteiger partial charge in [-0.2, -0.15) is 0 Å². The van der Waals surface area contributed by atoms with E-state index in [-0.39, 0.29) is 5.56 Å². The molecule has 1 N–H and O–H groups in total. The highest BCUT2D eigenvalue weighted by atomic mass is 32.2. The van der Waals surface area contributed by atoms with E-state index in [2.05, 4.69) is 30.3 Å². The molecule has 0 aliphatic carbocycles. The summed E-state index contributed by atoms with van der Waals surface area (Å²) in [5.41, 5.74) is 1.31. The van der Waals surface area contributed by atoms with Crippen LogP contribution in [0.15, 0.2) is 66.7 Å². The molecule has 0 aliphatic rings. The number of carboxylic acid groups (broad SMARTS) is 1. The SMILES string of the molecule is O=C(O)c1ccccc1OSCc1ccc2ccccc2c1. The Kier molecular flexibility index (Phi) is 4.30. The van der Waals surface area contributed by atoms with Crippen LogP contribution in [0.3, 0.4) is 0 Å². The zero-order valence-electron chi connectivity index (χ0n) is 11.7. The van der Waals surface area contributed by atoms with E-state index < -0.39 is 5.97 Å². The molecule has 3 rings (SSSR count). The molecule has 0 aliphatic heterocycles. The largest absolute Gasteiger partial charge is 0.478 e. The van der Waals surface area contributed by atoms with Crippen molar-refractivity contribution < 1.29 is 14.1 Å². The first-order valence-electron chi connectivity index (χ1n) is 6.83. The quantitative estimate of drug-likeness (QED) is 0.690. The zero-order valence-corrected chi connectivity index (χ0v) is 12.5. The molecule has 0 spiro atoms. The predicted molar refractivity (Wildman–Crippen MR) is 89.3 cm³/mol. The molecule has 110 valence electrons. The molecule has 0 atom stereocenters. The molecule has 0 fully saturated rings. The number of benzene rings is 3. The lowest BCUT2D eigenvalue weighted by molar-refractivity contribution is 0.0695. The number of rotatable bonds is 5. The van der Waals surface area contributed by atoms with Gasteiger partial charge in [0.25, 0.3) is 0 Å². The van der Waals surface area contributed by atoms with Crippen LogP contribution in [0.4, 0.5) is 0 Å². The first kappa shape index (κ1) is 14.5. The van der Waals surface area contributed by atoms with Gasteiger partial charge < -0.3 is 9.29 Å². The van der Waals surface area contributed by atoms with Crippen LogP contribution >= 0.6 is 12.0 Å². The molecule has 0 aromatic heterocycles. The second kappa shape index (κ2) is 6.54. The van der Waals surface area contributed by atoms with Crippen molar-refractivity contribution >= 4 is 28.8 Å². The van der Waals surface area contributed by atoms with E-state index in [1.165, 1.54) is 28.9 Å². The minimum Gasteiger partial charge on any atom is -0.478 e. The molecular formula is C18H14O3S. The number of carbonyl (C=O) groups is 1. The lowest BCUT2D eigenvalue weighted by Gasteiger charge is -2.07. The third kappa shape index (κ3) is 3.23. The van der Waals surface area contributed by atoms with Crippen molar-refractivity contribution in [2.75, 3.05) is 0 Å². The topological polar surface area (TPSA) is 46.5 Å². The van der Waals surface area contributed by atoms with Gasteiger partial charge in [-0.1, -0.05) is 54.6 Å². The Hall–Kier alpha value is -2.46. The van der Waals surface area contributed by atoms with Gasteiger partial charge in [-0.25, -0.2) is 4.79 Å². The van der Waals surface area contributed by atoms with E-state index in [4.69, 9.17) is 9.29 Å². The van der Waals surface area contributed by atoms with Gasteiger partial charge in [0.2, 0.25) is 0 Å². The Balaban J connectivity index is 1.68. The van der Waals surface area contributed by atoms with Crippen molar-refractivity contribution in [2.45, 2.75) is 5.75 Å². The molecule has 0 amide bonds. The smallest absolute Gasteiger partial charge is 0.339 e. The van der Waals surface area contributed by atoms with Gasteiger partial charge >= 0.3 is 5.97 Å². The van der Waals surface area contributed by atoms with Gasteiger partial charge in [0, 0.05) is 0 Å². The van der Waals surface area contributed by atoms with Crippen LogP contribution in [-0.4, -0.2) is 11.1 Å². The fourth-order valence-electron chi connectivity index (χ4n) is 2.21. The van der Waals surface area contributed by atoms with Gasteiger partial charge in [-0.05, 0) is 28.5 Å². The minimum absolute atomic E-state index is 0.175. The van der Waals surface area contributed by atoms with E-state index >= 15 is 0 Å². The summed E-state index contributed by atoms with van der Waals surface area (Å²) in [6.07, 6.45) is 0. The summed E-state index contributed by atoms with van der Waals surface area (Å²) < 4.78 is 5.55. The molecule has 0 unspecified atom stereocenters. The number of para-hydroxylation sites is 1. The number of hydrogen-bond donors (Lipinski definition) is 1. The van der Waals surface area contributed by atoms with Crippen molar-refractivity contribution in [3.63, 3.8) is 0 Å². The normalized spacial score (nSPS) is 10.5. The molecule has 0 radical (unpaired) electrons. The highest BCUT2D eigenvalue weighted by Gasteiger charge is 2.10. The summed E-state index contributed by atoms with van der Waals surface area (Å²) in [5.74, 6) is 0.0430. The van der Waals surface area contributed by atoms with E-state index in [9.17, 15) is 4.79 Å². The van der Waals surface area contributed by atoms with Crippen LogP contribution in [0.5, 0.6) is 5.75 Å². The highest BCUT2D eigenvalue weighted by molar-refractivity contribution is 7.94. The second-order valence-corrected chi connectivity index (χ2v) is 5.52. The zero-order chi connectivity index (χ0) is 15.4. The monoisotopic (exact) mass is 310 g/mol. The molecule has 0 heterocycles. The van der Waals surface area contributed by atoms with E-state index in [1.807, 2.05) is 12.1 Å². The van der Waals surface area contributed by atoms with Gasteiger partial charge in [-0.3, -0.25) is 0 Å². The summed E-state index contributed by atoms with van der Waals surface area (Å²) in [5, 5.41) is 11.5. The molecule has 4 heteroatoms. The maximum absolute atomic E-state index is 11.1. The van der Waals surface area contributed by atoms with Crippen molar-refractivity contribution in [1.82, 2.24) is 0 Å². The molecule has 3 nitrogen and oxygen atoms in total. The summed E-state index contributed by atoms with van der Waals surface area (Å²) in [6.45, 7) is 0. The Labute approximate surface area is 132 Å². The summed E-state index contributed by atoms with van der Waals surface area (Å²) >= 11 is 1.24. The molecular weight excluding hydrogens is 296 g/mol. The highest BCUT2D eigenvalue weighted by Crippen LogP contribution is 2.25. The van der Waals surface area contributed by atoms with Gasteiger partial charge in [0.05, 0.1) is 17.8 Å². The fourth-order valence-corrected chi connectivity index (χ4v) is 2.85. The standard InChI is InChI=1S/C18H14O3S/c19-18(20)16-7-3-4-8-17(16)21-22-12-13-9-10-14-5-1-2-6-15(14)11-13/h1-11H,12H2,(H,19,20). The maximum atomic E-state index is 11.1. The van der Waals surface area contributed by atoms with Crippen LogP contribution in [0.2, 0.25) is 0 Å². The molecule has 22 heavy (non-hydrogen) atoms. The average molecular weight is 310 g/mol. The molecule has 3 aromatic rings. The Bertz CT molecular complexity index is 814. The number of carboxylic acids is 1.